The van der Waals surface area contributed by atoms with Gasteiger partial charge in [0.25, 0.3) is 0 Å². The molecule has 23 heavy (non-hydrogen) atoms. The molecule has 2 aromatic rings. The van der Waals surface area contributed by atoms with E-state index in [9.17, 15) is 0 Å². The van der Waals surface area contributed by atoms with E-state index in [1.165, 1.54) is 11.4 Å². The molecule has 3 rings (SSSR count). The number of nitrogens with zero attached hydrogens (tertiary/aromatic N) is 3. The Labute approximate surface area is 136 Å². The van der Waals surface area contributed by atoms with E-state index in [1.807, 2.05) is 12.2 Å². The van der Waals surface area contributed by atoms with Gasteiger partial charge < -0.3 is 14.8 Å². The Hall–Kier alpha value is -2.89. The Morgan fingerprint density at radius 3 is 2.48 bits per heavy atom. The summed E-state index contributed by atoms with van der Waals surface area (Å²) in [4.78, 5) is 11.8. The number of nitrogens with one attached hydrogen (secondary N) is 3. The molecule has 6 heteroatoms. The number of H-pyrrole nitrogens is 1. The van der Waals surface area contributed by atoms with Crippen LogP contribution in [0, 0.1) is 0 Å². The van der Waals surface area contributed by atoms with Crippen molar-refractivity contribution >= 4 is 23.0 Å². The van der Waals surface area contributed by atoms with Gasteiger partial charge in [-0.1, -0.05) is 12.2 Å². The van der Waals surface area contributed by atoms with E-state index in [-0.39, 0.29) is 0 Å². The minimum absolute atomic E-state index is 0.680. The highest BCUT2D eigenvalue weighted by atomic mass is 15.4. The summed E-state index contributed by atoms with van der Waals surface area (Å²) in [6.45, 7) is 11.4. The number of hydrazine groups is 1. The summed E-state index contributed by atoms with van der Waals surface area (Å²) < 4.78 is 0. The molecule has 3 N–H and O–H groups in total. The molecule has 0 atom stereocenters. The molecule has 120 valence electrons. The Balaban J connectivity index is 1.82. The summed E-state index contributed by atoms with van der Waals surface area (Å²) in [6.07, 6.45) is 7.36. The van der Waals surface area contributed by atoms with Crippen LogP contribution in [0.1, 0.15) is 0 Å². The Bertz CT molecular complexity index is 664. The molecule has 0 spiro atoms. The van der Waals surface area contributed by atoms with Crippen LogP contribution in [-0.2, 0) is 0 Å². The lowest BCUT2D eigenvalue weighted by Gasteiger charge is -2.38. The van der Waals surface area contributed by atoms with Crippen LogP contribution in [0.3, 0.4) is 0 Å². The van der Waals surface area contributed by atoms with E-state index in [0.29, 0.717) is 5.95 Å². The third kappa shape index (κ3) is 3.31. The average Bonchev–Trinajstić information content (AvgIpc) is 3.09. The molecule has 0 amide bonds. The molecule has 1 aliphatic rings. The van der Waals surface area contributed by atoms with Gasteiger partial charge in [-0.2, -0.15) is 0 Å². The SMILES string of the molecule is C=CCN1CCN(CC=C)c2cc(NNc3ncc[nH]3)ccc21. The number of anilines is 4. The minimum Gasteiger partial charge on any atom is -0.364 e. The summed E-state index contributed by atoms with van der Waals surface area (Å²) in [6, 6.07) is 6.34. The fourth-order valence-corrected chi connectivity index (χ4v) is 2.76. The fourth-order valence-electron chi connectivity index (χ4n) is 2.76. The highest BCUT2D eigenvalue weighted by Crippen LogP contribution is 2.35. The molecule has 0 saturated heterocycles. The van der Waals surface area contributed by atoms with E-state index < -0.39 is 0 Å². The third-order valence-corrected chi connectivity index (χ3v) is 3.82. The van der Waals surface area contributed by atoms with Crippen molar-refractivity contribution in [3.05, 3.63) is 55.9 Å². The lowest BCUT2D eigenvalue weighted by molar-refractivity contribution is 0.751. The number of hydrogen-bond donors (Lipinski definition) is 3. The van der Waals surface area contributed by atoms with E-state index in [1.54, 1.807) is 12.4 Å². The van der Waals surface area contributed by atoms with Gasteiger partial charge in [0.2, 0.25) is 5.95 Å². The molecule has 0 bridgehead atoms. The van der Waals surface area contributed by atoms with Crippen molar-refractivity contribution in [3.63, 3.8) is 0 Å². The number of aromatic amines is 1. The van der Waals surface area contributed by atoms with Crippen LogP contribution in [0.15, 0.2) is 55.9 Å². The van der Waals surface area contributed by atoms with Gasteiger partial charge in [0.15, 0.2) is 0 Å². The first-order valence-electron chi connectivity index (χ1n) is 7.69. The second-order valence-electron chi connectivity index (χ2n) is 5.36. The molecular weight excluding hydrogens is 288 g/mol. The van der Waals surface area contributed by atoms with E-state index in [4.69, 9.17) is 0 Å². The topological polar surface area (TPSA) is 59.2 Å². The highest BCUT2D eigenvalue weighted by Gasteiger charge is 2.21. The zero-order chi connectivity index (χ0) is 16.1. The molecule has 1 aliphatic heterocycles. The quantitative estimate of drug-likeness (QED) is 0.542. The Morgan fingerprint density at radius 2 is 1.83 bits per heavy atom. The number of benzene rings is 1. The summed E-state index contributed by atoms with van der Waals surface area (Å²) >= 11 is 0. The molecule has 0 radical (unpaired) electrons. The lowest BCUT2D eigenvalue weighted by atomic mass is 10.1. The molecular formula is C17H22N6. The molecule has 1 aromatic carbocycles. The second kappa shape index (κ2) is 6.91. The van der Waals surface area contributed by atoms with Crippen molar-refractivity contribution in [3.8, 4) is 0 Å². The number of rotatable bonds is 7. The van der Waals surface area contributed by atoms with E-state index in [2.05, 4.69) is 62.0 Å². The van der Waals surface area contributed by atoms with E-state index in [0.717, 1.165) is 31.9 Å². The van der Waals surface area contributed by atoms with Gasteiger partial charge in [-0.3, -0.25) is 10.9 Å². The predicted molar refractivity (Wildman–Crippen MR) is 97.1 cm³/mol. The number of fused-ring (bicyclic) bond motifs is 1. The van der Waals surface area contributed by atoms with Gasteiger partial charge in [-0.05, 0) is 18.2 Å². The monoisotopic (exact) mass is 310 g/mol. The summed E-state index contributed by atoms with van der Waals surface area (Å²) in [7, 11) is 0. The summed E-state index contributed by atoms with van der Waals surface area (Å²) in [5.74, 6) is 0.680. The summed E-state index contributed by atoms with van der Waals surface area (Å²) in [5, 5.41) is 0. The summed E-state index contributed by atoms with van der Waals surface area (Å²) in [5.41, 5.74) is 9.62. The van der Waals surface area contributed by atoms with Crippen molar-refractivity contribution in [1.29, 1.82) is 0 Å². The zero-order valence-electron chi connectivity index (χ0n) is 13.1. The van der Waals surface area contributed by atoms with Gasteiger partial charge in [-0.15, -0.1) is 13.2 Å². The number of aromatic nitrogens is 2. The molecule has 0 saturated carbocycles. The maximum absolute atomic E-state index is 4.13. The fraction of sp³-hybridized carbons (Fsp3) is 0.235. The van der Waals surface area contributed by atoms with Gasteiger partial charge in [-0.25, -0.2) is 4.98 Å². The number of hydrogen-bond acceptors (Lipinski definition) is 5. The van der Waals surface area contributed by atoms with E-state index >= 15 is 0 Å². The zero-order valence-corrected chi connectivity index (χ0v) is 13.1. The first-order valence-corrected chi connectivity index (χ1v) is 7.69. The van der Waals surface area contributed by atoms with Gasteiger partial charge in [0, 0.05) is 38.6 Å². The van der Waals surface area contributed by atoms with Crippen molar-refractivity contribution in [2.75, 3.05) is 46.8 Å². The molecule has 6 nitrogen and oxygen atoms in total. The molecule has 0 aliphatic carbocycles. The van der Waals surface area contributed by atoms with Crippen molar-refractivity contribution in [1.82, 2.24) is 9.97 Å². The second-order valence-corrected chi connectivity index (χ2v) is 5.36. The molecule has 1 aromatic heterocycles. The van der Waals surface area contributed by atoms with Crippen LogP contribution in [0.5, 0.6) is 0 Å². The Kier molecular flexibility index (Phi) is 4.52. The largest absolute Gasteiger partial charge is 0.364 e. The molecule has 0 fully saturated rings. The van der Waals surface area contributed by atoms with Gasteiger partial charge in [0.05, 0.1) is 17.1 Å². The van der Waals surface area contributed by atoms with Crippen LogP contribution in [0.2, 0.25) is 0 Å². The highest BCUT2D eigenvalue weighted by molar-refractivity contribution is 5.78. The maximum atomic E-state index is 4.13. The molecule has 0 unspecified atom stereocenters. The first-order chi connectivity index (χ1) is 11.3. The average molecular weight is 310 g/mol. The standard InChI is InChI=1S/C17H22N6/c1-3-9-22-11-12-23(10-4-2)16-13-14(5-6-15(16)22)20-21-17-18-7-8-19-17/h3-8,13,20H,1-2,9-12H2,(H2,18,19,21). The normalized spacial score (nSPS) is 13.4. The van der Waals surface area contributed by atoms with Crippen molar-refractivity contribution < 1.29 is 0 Å². The third-order valence-electron chi connectivity index (χ3n) is 3.82. The predicted octanol–water partition coefficient (Wildman–Crippen LogP) is 2.85. The minimum atomic E-state index is 0.680. The number of imidazole rings is 1. The van der Waals surface area contributed by atoms with Gasteiger partial charge in [0.1, 0.15) is 0 Å². The van der Waals surface area contributed by atoms with Crippen LogP contribution >= 0.6 is 0 Å². The van der Waals surface area contributed by atoms with Crippen LogP contribution in [0.25, 0.3) is 0 Å². The lowest BCUT2D eigenvalue weighted by Crippen LogP contribution is -2.41. The maximum Gasteiger partial charge on any atom is 0.219 e. The van der Waals surface area contributed by atoms with Crippen LogP contribution in [0.4, 0.5) is 23.0 Å². The molecule has 2 heterocycles. The first kappa shape index (κ1) is 15.0. The van der Waals surface area contributed by atoms with Crippen molar-refractivity contribution in [2.24, 2.45) is 0 Å². The smallest absolute Gasteiger partial charge is 0.219 e. The van der Waals surface area contributed by atoms with Crippen LogP contribution < -0.4 is 20.7 Å². The van der Waals surface area contributed by atoms with Crippen LogP contribution in [-0.4, -0.2) is 36.1 Å². The van der Waals surface area contributed by atoms with Gasteiger partial charge >= 0.3 is 0 Å². The Morgan fingerprint density at radius 1 is 1.09 bits per heavy atom. The van der Waals surface area contributed by atoms with Crippen molar-refractivity contribution in [2.45, 2.75) is 0 Å².